The minimum absolute atomic E-state index is 0.116. The smallest absolute Gasteiger partial charge is 0.264 e. The second-order valence-corrected chi connectivity index (χ2v) is 7.19. The average Bonchev–Trinajstić information content (AvgIpc) is 2.42. The summed E-state index contributed by atoms with van der Waals surface area (Å²) < 4.78 is 30.7. The van der Waals surface area contributed by atoms with Crippen LogP contribution in [0, 0.1) is 5.92 Å². The van der Waals surface area contributed by atoms with Crippen molar-refractivity contribution in [2.24, 2.45) is 5.92 Å². The normalized spacial score (nSPS) is 13.0. The molecule has 3 nitrogen and oxygen atoms in total. The molecule has 0 aliphatic rings. The van der Waals surface area contributed by atoms with Gasteiger partial charge >= 0.3 is 0 Å². The third-order valence-electron chi connectivity index (χ3n) is 3.51. The fourth-order valence-corrected chi connectivity index (χ4v) is 2.85. The minimum Gasteiger partial charge on any atom is -0.286 e. The van der Waals surface area contributed by atoms with E-state index in [0.717, 1.165) is 51.4 Å². The second kappa shape index (κ2) is 13.1. The van der Waals surface area contributed by atoms with Crippen molar-refractivity contribution in [2.45, 2.75) is 71.6 Å². The van der Waals surface area contributed by atoms with Crippen molar-refractivity contribution >= 4 is 10.1 Å². The van der Waals surface area contributed by atoms with Gasteiger partial charge < -0.3 is 0 Å². The predicted octanol–water partition coefficient (Wildman–Crippen LogP) is 5.15. The van der Waals surface area contributed by atoms with Crippen LogP contribution in [0.5, 0.6) is 0 Å². The van der Waals surface area contributed by atoms with E-state index in [9.17, 15) is 8.42 Å². The van der Waals surface area contributed by atoms with Crippen LogP contribution in [0.3, 0.4) is 0 Å². The first kappa shape index (κ1) is 20.4. The highest BCUT2D eigenvalue weighted by Gasteiger charge is 2.12. The fourth-order valence-electron chi connectivity index (χ4n) is 2.22. The van der Waals surface area contributed by atoms with Crippen molar-refractivity contribution < 1.29 is 13.0 Å². The molecular weight excluding hydrogens is 284 g/mol. The summed E-state index contributed by atoms with van der Waals surface area (Å²) in [7, 11) is -3.83. The van der Waals surface area contributed by atoms with Crippen molar-refractivity contribution in [3.8, 4) is 0 Å². The predicted molar refractivity (Wildman–Crippen MR) is 91.1 cm³/mol. The van der Waals surface area contributed by atoms with Crippen LogP contribution in [0.15, 0.2) is 24.3 Å². The molecule has 124 valence electrons. The van der Waals surface area contributed by atoms with Gasteiger partial charge in [0.25, 0.3) is 10.1 Å². The summed E-state index contributed by atoms with van der Waals surface area (Å²) in [5.41, 5.74) is 0. The summed E-state index contributed by atoms with van der Waals surface area (Å²) in [5, 5.41) is 0. The largest absolute Gasteiger partial charge is 0.286 e. The Morgan fingerprint density at radius 2 is 1.24 bits per heavy atom. The lowest BCUT2D eigenvalue weighted by Gasteiger charge is -2.14. The Balaban J connectivity index is 4.13. The van der Waals surface area contributed by atoms with Gasteiger partial charge in [-0.1, -0.05) is 51.0 Å². The number of hydrogen-bond donors (Lipinski definition) is 1. The Hall–Kier alpha value is -0.610. The van der Waals surface area contributed by atoms with E-state index in [4.69, 9.17) is 4.55 Å². The molecule has 0 bridgehead atoms. The standard InChI is InChI=1S/C17H32O3S/c1-3-5-7-9-11-13-17(15-16-21(18,19)20)14-12-10-8-6-4-2/h7-10,17H,3-6,11-16H2,1-2H3,(H,18,19,20)/b9-7-,10-8-. The zero-order valence-corrected chi connectivity index (χ0v) is 14.4. The molecule has 4 heteroatoms. The Labute approximate surface area is 131 Å². The molecule has 0 aromatic heterocycles. The molecule has 0 aliphatic heterocycles. The molecule has 0 aromatic rings. The average molecular weight is 317 g/mol. The fraction of sp³-hybridized carbons (Fsp3) is 0.765. The van der Waals surface area contributed by atoms with Crippen LogP contribution in [0.2, 0.25) is 0 Å². The lowest BCUT2D eigenvalue weighted by molar-refractivity contribution is 0.427. The third kappa shape index (κ3) is 15.6. The molecule has 0 unspecified atom stereocenters. The lowest BCUT2D eigenvalue weighted by atomic mass is 9.94. The molecule has 1 N–H and O–H groups in total. The molecule has 0 rings (SSSR count). The van der Waals surface area contributed by atoms with Crippen LogP contribution < -0.4 is 0 Å². The molecule has 0 amide bonds. The molecule has 21 heavy (non-hydrogen) atoms. The van der Waals surface area contributed by atoms with Crippen LogP contribution in [0.1, 0.15) is 71.6 Å². The molecule has 0 heterocycles. The van der Waals surface area contributed by atoms with Crippen LogP contribution in [-0.2, 0) is 10.1 Å². The van der Waals surface area contributed by atoms with Crippen molar-refractivity contribution in [3.63, 3.8) is 0 Å². The molecule has 0 aromatic carbocycles. The summed E-state index contributed by atoms with van der Waals surface area (Å²) in [6.45, 7) is 4.31. The Kier molecular flexibility index (Phi) is 12.7. The maximum atomic E-state index is 10.9. The summed E-state index contributed by atoms with van der Waals surface area (Å²) in [5.74, 6) is 0.249. The highest BCUT2D eigenvalue weighted by Crippen LogP contribution is 2.19. The number of hydrogen-bond acceptors (Lipinski definition) is 2. The van der Waals surface area contributed by atoms with E-state index in [-0.39, 0.29) is 5.75 Å². The monoisotopic (exact) mass is 316 g/mol. The number of rotatable bonds is 13. The van der Waals surface area contributed by atoms with Gasteiger partial charge in [0.05, 0.1) is 5.75 Å². The van der Waals surface area contributed by atoms with Gasteiger partial charge in [0.2, 0.25) is 0 Å². The van der Waals surface area contributed by atoms with Crippen molar-refractivity contribution in [1.29, 1.82) is 0 Å². The van der Waals surface area contributed by atoms with Crippen molar-refractivity contribution in [2.75, 3.05) is 5.75 Å². The SMILES string of the molecule is CCC/C=C\CCC(CC/C=C\CCC)CCS(=O)(=O)O. The highest BCUT2D eigenvalue weighted by atomic mass is 32.2. The summed E-state index contributed by atoms with van der Waals surface area (Å²) in [4.78, 5) is 0. The summed E-state index contributed by atoms with van der Waals surface area (Å²) >= 11 is 0. The maximum absolute atomic E-state index is 10.9. The van der Waals surface area contributed by atoms with Gasteiger partial charge in [-0.2, -0.15) is 8.42 Å². The first-order valence-corrected chi connectivity index (χ1v) is 9.85. The Morgan fingerprint density at radius 3 is 1.62 bits per heavy atom. The number of allylic oxidation sites excluding steroid dienone is 4. The van der Waals surface area contributed by atoms with E-state index in [1.54, 1.807) is 0 Å². The highest BCUT2D eigenvalue weighted by molar-refractivity contribution is 7.85. The first-order chi connectivity index (χ1) is 9.99. The van der Waals surface area contributed by atoms with Gasteiger partial charge in [0.15, 0.2) is 0 Å². The Morgan fingerprint density at radius 1 is 0.810 bits per heavy atom. The summed E-state index contributed by atoms with van der Waals surface area (Å²) in [6, 6.07) is 0. The van der Waals surface area contributed by atoms with E-state index in [0.29, 0.717) is 12.3 Å². The molecule has 0 aliphatic carbocycles. The van der Waals surface area contributed by atoms with E-state index < -0.39 is 10.1 Å². The van der Waals surface area contributed by atoms with Crippen molar-refractivity contribution in [3.05, 3.63) is 24.3 Å². The van der Waals surface area contributed by atoms with Gasteiger partial charge in [-0.25, -0.2) is 0 Å². The first-order valence-electron chi connectivity index (χ1n) is 8.24. The molecule has 0 saturated carbocycles. The van der Waals surface area contributed by atoms with E-state index >= 15 is 0 Å². The van der Waals surface area contributed by atoms with Crippen molar-refractivity contribution in [1.82, 2.24) is 0 Å². The van der Waals surface area contributed by atoms with Gasteiger partial charge in [-0.15, -0.1) is 0 Å². The molecule has 0 spiro atoms. The van der Waals surface area contributed by atoms with Crippen LogP contribution >= 0.6 is 0 Å². The lowest BCUT2D eigenvalue weighted by Crippen LogP contribution is -2.10. The van der Waals surface area contributed by atoms with Crippen LogP contribution in [0.25, 0.3) is 0 Å². The van der Waals surface area contributed by atoms with Gasteiger partial charge in [-0.05, 0) is 50.9 Å². The topological polar surface area (TPSA) is 54.4 Å². The second-order valence-electron chi connectivity index (χ2n) is 5.62. The zero-order chi connectivity index (χ0) is 16.0. The quantitative estimate of drug-likeness (QED) is 0.377. The molecular formula is C17H32O3S. The van der Waals surface area contributed by atoms with E-state index in [1.165, 1.54) is 0 Å². The van der Waals surface area contributed by atoms with Gasteiger partial charge in [0.1, 0.15) is 0 Å². The zero-order valence-electron chi connectivity index (χ0n) is 13.6. The maximum Gasteiger partial charge on any atom is 0.264 e. The van der Waals surface area contributed by atoms with Gasteiger partial charge in [-0.3, -0.25) is 4.55 Å². The van der Waals surface area contributed by atoms with E-state index in [2.05, 4.69) is 38.2 Å². The molecule has 0 fully saturated rings. The third-order valence-corrected chi connectivity index (χ3v) is 4.26. The number of unbranched alkanes of at least 4 members (excludes halogenated alkanes) is 2. The minimum atomic E-state index is -3.83. The Bertz CT molecular complexity index is 363. The van der Waals surface area contributed by atoms with E-state index in [1.807, 2.05) is 0 Å². The summed E-state index contributed by atoms with van der Waals surface area (Å²) in [6.07, 6.45) is 17.8. The molecule has 0 atom stereocenters. The van der Waals surface area contributed by atoms with Crippen LogP contribution in [-0.4, -0.2) is 18.7 Å². The van der Waals surface area contributed by atoms with Crippen LogP contribution in [0.4, 0.5) is 0 Å². The molecule has 0 saturated heterocycles. The molecule has 0 radical (unpaired) electrons. The van der Waals surface area contributed by atoms with Gasteiger partial charge in [0, 0.05) is 0 Å².